The van der Waals surface area contributed by atoms with Gasteiger partial charge in [-0.05, 0) is 60.0 Å². The zero-order chi connectivity index (χ0) is 22.5. The Kier molecular flexibility index (Phi) is 6.17. The number of amides is 2. The van der Waals surface area contributed by atoms with E-state index in [0.29, 0.717) is 11.3 Å². The van der Waals surface area contributed by atoms with Crippen LogP contribution >= 0.6 is 0 Å². The van der Waals surface area contributed by atoms with Gasteiger partial charge in [-0.15, -0.1) is 0 Å². The van der Waals surface area contributed by atoms with Crippen molar-refractivity contribution >= 4 is 34.0 Å². The van der Waals surface area contributed by atoms with Crippen LogP contribution in [0.3, 0.4) is 0 Å². The summed E-state index contributed by atoms with van der Waals surface area (Å²) in [7, 11) is 0. The Hall–Kier alpha value is -4.12. The summed E-state index contributed by atoms with van der Waals surface area (Å²) in [6.45, 7) is 3.65. The number of hydrogen-bond acceptors (Lipinski definition) is 3. The van der Waals surface area contributed by atoms with Crippen LogP contribution in [0.15, 0.2) is 84.9 Å². The molecule has 0 radical (unpaired) electrons. The van der Waals surface area contributed by atoms with E-state index in [1.165, 1.54) is 0 Å². The maximum atomic E-state index is 13.1. The molecule has 0 bridgehead atoms. The SMILES string of the molecule is Cc1ccccc1NC(=O)COc1cc2ccccc2cc1C(=O)Nc1ccccc1C. The molecule has 0 spiro atoms. The Bertz CT molecular complexity index is 1300. The van der Waals surface area contributed by atoms with E-state index in [9.17, 15) is 9.59 Å². The standard InChI is InChI=1S/C27H24N2O3/c1-18-9-3-7-13-23(18)28-26(30)17-32-25-16-21-12-6-5-11-20(21)15-22(25)27(31)29-24-14-8-4-10-19(24)2/h3-16H,17H2,1-2H3,(H,28,30)(H,29,31). The second kappa shape index (κ2) is 9.35. The van der Waals surface area contributed by atoms with Gasteiger partial charge in [-0.1, -0.05) is 60.7 Å². The van der Waals surface area contributed by atoms with Crippen LogP contribution in [0.25, 0.3) is 10.8 Å². The largest absolute Gasteiger partial charge is 0.483 e. The van der Waals surface area contributed by atoms with Crippen LogP contribution in [0, 0.1) is 13.8 Å². The number of aryl methyl sites for hydroxylation is 2. The molecule has 0 aromatic heterocycles. The average molecular weight is 425 g/mol. The molecule has 32 heavy (non-hydrogen) atoms. The van der Waals surface area contributed by atoms with Gasteiger partial charge in [0.15, 0.2) is 6.61 Å². The molecule has 2 amide bonds. The fourth-order valence-corrected chi connectivity index (χ4v) is 3.46. The van der Waals surface area contributed by atoms with Gasteiger partial charge in [0, 0.05) is 11.4 Å². The summed E-state index contributed by atoms with van der Waals surface area (Å²) in [6.07, 6.45) is 0. The van der Waals surface area contributed by atoms with Crippen molar-refractivity contribution in [3.05, 3.63) is 102 Å². The first kappa shape index (κ1) is 21.1. The van der Waals surface area contributed by atoms with Crippen molar-refractivity contribution in [3.63, 3.8) is 0 Å². The molecule has 4 aromatic rings. The van der Waals surface area contributed by atoms with E-state index in [1.807, 2.05) is 86.6 Å². The summed E-state index contributed by atoms with van der Waals surface area (Å²) in [4.78, 5) is 25.6. The molecule has 0 unspecified atom stereocenters. The van der Waals surface area contributed by atoms with Gasteiger partial charge in [0.05, 0.1) is 5.56 Å². The van der Waals surface area contributed by atoms with Crippen LogP contribution in [0.5, 0.6) is 5.75 Å². The van der Waals surface area contributed by atoms with Gasteiger partial charge in [0.25, 0.3) is 11.8 Å². The van der Waals surface area contributed by atoms with Crippen LogP contribution in [0.2, 0.25) is 0 Å². The van der Waals surface area contributed by atoms with Gasteiger partial charge in [0.1, 0.15) is 5.75 Å². The van der Waals surface area contributed by atoms with Gasteiger partial charge in [-0.2, -0.15) is 0 Å². The Labute approximate surface area is 187 Å². The lowest BCUT2D eigenvalue weighted by Crippen LogP contribution is -2.22. The number of nitrogens with one attached hydrogen (secondary N) is 2. The number of anilines is 2. The van der Waals surface area contributed by atoms with Crippen molar-refractivity contribution < 1.29 is 14.3 Å². The topological polar surface area (TPSA) is 67.4 Å². The van der Waals surface area contributed by atoms with Crippen molar-refractivity contribution in [2.45, 2.75) is 13.8 Å². The fraction of sp³-hybridized carbons (Fsp3) is 0.111. The third-order valence-corrected chi connectivity index (χ3v) is 5.26. The number of benzene rings is 4. The second-order valence-corrected chi connectivity index (χ2v) is 7.62. The van der Waals surface area contributed by atoms with Gasteiger partial charge in [-0.3, -0.25) is 9.59 Å². The van der Waals surface area contributed by atoms with Crippen LogP contribution < -0.4 is 15.4 Å². The maximum absolute atomic E-state index is 13.1. The summed E-state index contributed by atoms with van der Waals surface area (Å²) < 4.78 is 5.84. The second-order valence-electron chi connectivity index (χ2n) is 7.62. The first-order valence-corrected chi connectivity index (χ1v) is 10.4. The van der Waals surface area contributed by atoms with Crippen molar-refractivity contribution in [2.24, 2.45) is 0 Å². The van der Waals surface area contributed by atoms with Gasteiger partial charge >= 0.3 is 0 Å². The predicted molar refractivity (Wildman–Crippen MR) is 128 cm³/mol. The Balaban J connectivity index is 1.58. The van der Waals surface area contributed by atoms with Crippen molar-refractivity contribution in [1.82, 2.24) is 0 Å². The molecule has 0 heterocycles. The third-order valence-electron chi connectivity index (χ3n) is 5.26. The fourth-order valence-electron chi connectivity index (χ4n) is 3.46. The van der Waals surface area contributed by atoms with Crippen molar-refractivity contribution in [1.29, 1.82) is 0 Å². The number of ether oxygens (including phenoxy) is 1. The lowest BCUT2D eigenvalue weighted by molar-refractivity contribution is -0.118. The predicted octanol–water partition coefficient (Wildman–Crippen LogP) is 5.73. The Morgan fingerprint density at radius 3 is 1.88 bits per heavy atom. The minimum atomic E-state index is -0.294. The molecule has 160 valence electrons. The maximum Gasteiger partial charge on any atom is 0.262 e. The molecule has 4 rings (SSSR count). The number of rotatable bonds is 6. The van der Waals surface area contributed by atoms with E-state index in [2.05, 4.69) is 10.6 Å². The van der Waals surface area contributed by atoms with Crippen LogP contribution in [-0.4, -0.2) is 18.4 Å². The number of fused-ring (bicyclic) bond motifs is 1. The Morgan fingerprint density at radius 1 is 0.719 bits per heavy atom. The number of carbonyl (C=O) groups is 2. The smallest absolute Gasteiger partial charge is 0.262 e. The van der Waals surface area contributed by atoms with E-state index in [1.54, 1.807) is 12.1 Å². The molecule has 0 aliphatic rings. The molecular formula is C27H24N2O3. The van der Waals surface area contributed by atoms with Crippen LogP contribution in [-0.2, 0) is 4.79 Å². The first-order valence-electron chi connectivity index (χ1n) is 10.4. The minimum absolute atomic E-state index is 0.211. The summed E-state index contributed by atoms with van der Waals surface area (Å²) in [6, 6.07) is 26.4. The van der Waals surface area contributed by atoms with Crippen LogP contribution in [0.4, 0.5) is 11.4 Å². The van der Waals surface area contributed by atoms with Crippen LogP contribution in [0.1, 0.15) is 21.5 Å². The lowest BCUT2D eigenvalue weighted by Gasteiger charge is -2.15. The lowest BCUT2D eigenvalue weighted by atomic mass is 10.0. The summed E-state index contributed by atoms with van der Waals surface area (Å²) in [5.74, 6) is -0.230. The van der Waals surface area contributed by atoms with Gasteiger partial charge in [-0.25, -0.2) is 0 Å². The quantitative estimate of drug-likeness (QED) is 0.416. The zero-order valence-electron chi connectivity index (χ0n) is 18.0. The molecule has 5 nitrogen and oxygen atoms in total. The van der Waals surface area contributed by atoms with E-state index in [4.69, 9.17) is 4.74 Å². The van der Waals surface area contributed by atoms with E-state index >= 15 is 0 Å². The highest BCUT2D eigenvalue weighted by atomic mass is 16.5. The van der Waals surface area contributed by atoms with Gasteiger partial charge < -0.3 is 15.4 Å². The molecule has 0 aliphatic carbocycles. The molecule has 4 aromatic carbocycles. The molecular weight excluding hydrogens is 400 g/mol. The van der Waals surface area contributed by atoms with Gasteiger partial charge in [0.2, 0.25) is 0 Å². The van der Waals surface area contributed by atoms with Crippen molar-refractivity contribution in [2.75, 3.05) is 17.2 Å². The average Bonchev–Trinajstić information content (AvgIpc) is 2.80. The van der Waals surface area contributed by atoms with E-state index in [0.717, 1.165) is 33.3 Å². The highest BCUT2D eigenvalue weighted by Crippen LogP contribution is 2.28. The monoisotopic (exact) mass is 424 g/mol. The zero-order valence-corrected chi connectivity index (χ0v) is 18.0. The molecule has 5 heteroatoms. The highest BCUT2D eigenvalue weighted by molar-refractivity contribution is 6.09. The van der Waals surface area contributed by atoms with Crippen molar-refractivity contribution in [3.8, 4) is 5.75 Å². The molecule has 0 aliphatic heterocycles. The number of para-hydroxylation sites is 2. The Morgan fingerprint density at radius 2 is 1.25 bits per heavy atom. The highest BCUT2D eigenvalue weighted by Gasteiger charge is 2.17. The summed E-state index contributed by atoms with van der Waals surface area (Å²) >= 11 is 0. The number of hydrogen-bond donors (Lipinski definition) is 2. The third kappa shape index (κ3) is 4.78. The minimum Gasteiger partial charge on any atom is -0.483 e. The van der Waals surface area contributed by atoms with E-state index < -0.39 is 0 Å². The number of carbonyl (C=O) groups excluding carboxylic acids is 2. The summed E-state index contributed by atoms with van der Waals surface area (Å²) in [5, 5.41) is 7.64. The molecule has 0 saturated carbocycles. The molecule has 2 N–H and O–H groups in total. The summed E-state index contributed by atoms with van der Waals surface area (Å²) in [5.41, 5.74) is 3.76. The molecule has 0 saturated heterocycles. The molecule has 0 atom stereocenters. The van der Waals surface area contributed by atoms with E-state index in [-0.39, 0.29) is 18.4 Å². The first-order chi connectivity index (χ1) is 15.5. The molecule has 0 fully saturated rings. The normalized spacial score (nSPS) is 10.6.